The highest BCUT2D eigenvalue weighted by molar-refractivity contribution is 5.95. The fourth-order valence-corrected chi connectivity index (χ4v) is 2.19. The molecule has 1 N–H and O–H groups in total. The summed E-state index contributed by atoms with van der Waals surface area (Å²) >= 11 is 0. The van der Waals surface area contributed by atoms with Crippen molar-refractivity contribution in [2.24, 2.45) is 0 Å². The maximum Gasteiger partial charge on any atom is 0.335 e. The molecule has 1 atom stereocenters. The molecule has 1 unspecified atom stereocenters. The Labute approximate surface area is 111 Å². The van der Waals surface area contributed by atoms with Crippen LogP contribution >= 0.6 is 0 Å². The van der Waals surface area contributed by atoms with Crippen LogP contribution in [0.15, 0.2) is 17.7 Å². The zero-order chi connectivity index (χ0) is 14.4. The largest absolute Gasteiger partial charge is 0.481 e. The first-order chi connectivity index (χ1) is 8.71. The molecule has 1 aliphatic heterocycles. The Kier molecular flexibility index (Phi) is 3.12. The monoisotopic (exact) mass is 264 g/mol. The molecule has 3 nitrogen and oxygen atoms in total. The number of aliphatic carboxylic acids is 1. The van der Waals surface area contributed by atoms with E-state index >= 15 is 0 Å². The molecule has 0 radical (unpaired) electrons. The Balaban J connectivity index is 2.61. The van der Waals surface area contributed by atoms with Gasteiger partial charge < -0.3 is 9.84 Å². The Morgan fingerprint density at radius 1 is 1.37 bits per heavy atom. The average Bonchev–Trinajstić information content (AvgIpc) is 2.31. The molecule has 0 bridgehead atoms. The number of carboxylic acid groups (broad SMARTS) is 1. The number of hydrogen-bond donors (Lipinski definition) is 1. The summed E-state index contributed by atoms with van der Waals surface area (Å²) in [6.45, 7) is 6.47. The number of rotatable bonds is 2. The van der Waals surface area contributed by atoms with Gasteiger partial charge in [0, 0.05) is 5.56 Å². The molecule has 1 aliphatic rings. The Morgan fingerprint density at radius 2 is 2.00 bits per heavy atom. The van der Waals surface area contributed by atoms with Gasteiger partial charge in [-0.15, -0.1) is 0 Å². The molecule has 1 aromatic carbocycles. The predicted molar refractivity (Wildman–Crippen MR) is 71.1 cm³/mol. The van der Waals surface area contributed by atoms with Crippen LogP contribution in [0.3, 0.4) is 0 Å². The highest BCUT2D eigenvalue weighted by atomic mass is 19.1. The molecule has 1 aromatic rings. The number of hydrogen-bond acceptors (Lipinski definition) is 2. The SMILES string of the molecule is Cc1ccc2c(c1C)OC(C(C)(C)F)C(C(=O)O)=C2. The Morgan fingerprint density at radius 3 is 2.53 bits per heavy atom. The second kappa shape index (κ2) is 4.37. The lowest BCUT2D eigenvalue weighted by Gasteiger charge is -2.33. The zero-order valence-electron chi connectivity index (χ0n) is 11.5. The summed E-state index contributed by atoms with van der Waals surface area (Å²) in [4.78, 5) is 11.3. The van der Waals surface area contributed by atoms with E-state index < -0.39 is 17.7 Å². The van der Waals surface area contributed by atoms with Gasteiger partial charge in [0.2, 0.25) is 0 Å². The molecule has 0 amide bonds. The first-order valence-corrected chi connectivity index (χ1v) is 6.12. The lowest BCUT2D eigenvalue weighted by molar-refractivity contribution is -0.134. The molecule has 2 rings (SSSR count). The summed E-state index contributed by atoms with van der Waals surface area (Å²) in [6, 6.07) is 3.69. The number of alkyl halides is 1. The molecule has 1 heterocycles. The van der Waals surface area contributed by atoms with E-state index in [2.05, 4.69) is 0 Å². The first kappa shape index (κ1) is 13.6. The van der Waals surface area contributed by atoms with E-state index in [1.54, 1.807) is 6.07 Å². The van der Waals surface area contributed by atoms with Gasteiger partial charge in [-0.25, -0.2) is 9.18 Å². The van der Waals surface area contributed by atoms with E-state index in [1.165, 1.54) is 19.9 Å². The van der Waals surface area contributed by atoms with Crippen molar-refractivity contribution < 1.29 is 19.0 Å². The van der Waals surface area contributed by atoms with Crippen molar-refractivity contribution in [3.8, 4) is 5.75 Å². The van der Waals surface area contributed by atoms with Crippen LogP contribution in [0.2, 0.25) is 0 Å². The van der Waals surface area contributed by atoms with Gasteiger partial charge >= 0.3 is 5.97 Å². The zero-order valence-corrected chi connectivity index (χ0v) is 11.5. The topological polar surface area (TPSA) is 46.5 Å². The fourth-order valence-electron chi connectivity index (χ4n) is 2.19. The van der Waals surface area contributed by atoms with Gasteiger partial charge in [-0.05, 0) is 44.9 Å². The van der Waals surface area contributed by atoms with Crippen molar-refractivity contribution in [2.75, 3.05) is 0 Å². The molecule has 4 heteroatoms. The summed E-state index contributed by atoms with van der Waals surface area (Å²) in [5.41, 5.74) is 0.802. The van der Waals surface area contributed by atoms with Gasteiger partial charge in [-0.1, -0.05) is 12.1 Å². The third kappa shape index (κ3) is 2.35. The highest BCUT2D eigenvalue weighted by Gasteiger charge is 2.40. The molecule has 102 valence electrons. The molecule has 0 fully saturated rings. The highest BCUT2D eigenvalue weighted by Crippen LogP contribution is 2.38. The van der Waals surface area contributed by atoms with Gasteiger partial charge in [-0.3, -0.25) is 0 Å². The molecule has 0 aromatic heterocycles. The van der Waals surface area contributed by atoms with Gasteiger partial charge in [0.05, 0.1) is 5.57 Å². The Bertz CT molecular complexity index is 567. The van der Waals surface area contributed by atoms with Gasteiger partial charge in [0.15, 0.2) is 6.10 Å². The van der Waals surface area contributed by atoms with Crippen molar-refractivity contribution in [3.63, 3.8) is 0 Å². The van der Waals surface area contributed by atoms with E-state index in [9.17, 15) is 14.3 Å². The van der Waals surface area contributed by atoms with Crippen LogP contribution in [0.1, 0.15) is 30.5 Å². The van der Waals surface area contributed by atoms with E-state index in [-0.39, 0.29) is 5.57 Å². The van der Waals surface area contributed by atoms with E-state index in [1.807, 2.05) is 19.9 Å². The summed E-state index contributed by atoms with van der Waals surface area (Å²) in [6.07, 6.45) is 0.401. The molecular weight excluding hydrogens is 247 g/mol. The fraction of sp³-hybridized carbons (Fsp3) is 0.400. The standard InChI is InChI=1S/C15H17FO3/c1-8-5-6-10-7-11(14(17)18)13(15(3,4)16)19-12(10)9(8)2/h5-7,13H,1-4H3,(H,17,18). The van der Waals surface area contributed by atoms with E-state index in [0.29, 0.717) is 11.3 Å². The molecule has 0 saturated carbocycles. The average molecular weight is 264 g/mol. The van der Waals surface area contributed by atoms with Crippen molar-refractivity contribution >= 4 is 12.0 Å². The minimum Gasteiger partial charge on any atom is -0.481 e. The van der Waals surface area contributed by atoms with Crippen molar-refractivity contribution in [2.45, 2.75) is 39.5 Å². The molecule has 0 spiro atoms. The molecule has 0 aliphatic carbocycles. The number of halogens is 1. The second-order valence-corrected chi connectivity index (χ2v) is 5.39. The van der Waals surface area contributed by atoms with Gasteiger partial charge in [0.1, 0.15) is 11.4 Å². The molecule has 19 heavy (non-hydrogen) atoms. The maximum atomic E-state index is 14.2. The van der Waals surface area contributed by atoms with Crippen molar-refractivity contribution in [3.05, 3.63) is 34.4 Å². The smallest absolute Gasteiger partial charge is 0.335 e. The first-order valence-electron chi connectivity index (χ1n) is 6.12. The third-order valence-electron chi connectivity index (χ3n) is 3.41. The van der Waals surface area contributed by atoms with Crippen LogP contribution in [0, 0.1) is 13.8 Å². The van der Waals surface area contributed by atoms with Crippen LogP contribution < -0.4 is 4.74 Å². The van der Waals surface area contributed by atoms with Crippen LogP contribution in [-0.2, 0) is 4.79 Å². The molecule has 0 saturated heterocycles. The lowest BCUT2D eigenvalue weighted by Crippen LogP contribution is -2.42. The number of carboxylic acids is 1. The third-order valence-corrected chi connectivity index (χ3v) is 3.41. The van der Waals surface area contributed by atoms with E-state index in [4.69, 9.17) is 4.74 Å². The molecular formula is C15H17FO3. The minimum atomic E-state index is -1.77. The number of fused-ring (bicyclic) bond motifs is 1. The lowest BCUT2D eigenvalue weighted by atomic mass is 9.90. The minimum absolute atomic E-state index is 0.0525. The van der Waals surface area contributed by atoms with Crippen LogP contribution in [0.25, 0.3) is 6.08 Å². The van der Waals surface area contributed by atoms with Crippen LogP contribution in [0.4, 0.5) is 4.39 Å². The normalized spacial score (nSPS) is 18.4. The predicted octanol–water partition coefficient (Wildman–Crippen LogP) is 3.28. The summed E-state index contributed by atoms with van der Waals surface area (Å²) in [5, 5.41) is 9.21. The van der Waals surface area contributed by atoms with Gasteiger partial charge in [-0.2, -0.15) is 0 Å². The van der Waals surface area contributed by atoms with E-state index in [0.717, 1.165) is 11.1 Å². The van der Waals surface area contributed by atoms with Crippen molar-refractivity contribution in [1.29, 1.82) is 0 Å². The number of ether oxygens (including phenoxy) is 1. The summed E-state index contributed by atoms with van der Waals surface area (Å²) < 4.78 is 19.8. The number of aryl methyl sites for hydroxylation is 1. The second-order valence-electron chi connectivity index (χ2n) is 5.39. The number of benzene rings is 1. The maximum absolute atomic E-state index is 14.2. The van der Waals surface area contributed by atoms with Crippen LogP contribution in [-0.4, -0.2) is 22.8 Å². The summed E-state index contributed by atoms with van der Waals surface area (Å²) in [5.74, 6) is -0.583. The quantitative estimate of drug-likeness (QED) is 0.891. The summed E-state index contributed by atoms with van der Waals surface area (Å²) in [7, 11) is 0. The number of carbonyl (C=O) groups is 1. The van der Waals surface area contributed by atoms with Crippen molar-refractivity contribution in [1.82, 2.24) is 0 Å². The Hall–Kier alpha value is -1.84. The van der Waals surface area contributed by atoms with Gasteiger partial charge in [0.25, 0.3) is 0 Å². The van der Waals surface area contributed by atoms with Crippen LogP contribution in [0.5, 0.6) is 5.75 Å².